The zero-order valence-corrected chi connectivity index (χ0v) is 8.83. The third kappa shape index (κ3) is 9.54. The number of rotatable bonds is 8. The Morgan fingerprint density at radius 1 is 1.15 bits per heavy atom. The van der Waals surface area contributed by atoms with Crippen LogP contribution in [0.15, 0.2) is 0 Å². The molecule has 0 saturated carbocycles. The van der Waals surface area contributed by atoms with Crippen LogP contribution in [0, 0.1) is 5.92 Å². The molecule has 0 saturated heterocycles. The zero-order chi connectivity index (χ0) is 10.1. The molecule has 2 nitrogen and oxygen atoms in total. The Kier molecular flexibility index (Phi) is 8.00. The Hall–Kier alpha value is -0.370. The number of aliphatic hydroxyl groups excluding tert-OH is 1. The highest BCUT2D eigenvalue weighted by Crippen LogP contribution is 2.11. The van der Waals surface area contributed by atoms with E-state index in [1.54, 1.807) is 0 Å². The molecule has 2 heteroatoms. The number of unbranched alkanes of at least 4 members (excludes halogenated alkanes) is 2. The van der Waals surface area contributed by atoms with E-state index in [0.717, 1.165) is 25.0 Å². The molecular weight excluding hydrogens is 164 g/mol. The van der Waals surface area contributed by atoms with Crippen molar-refractivity contribution >= 4 is 6.29 Å². The highest BCUT2D eigenvalue weighted by molar-refractivity contribution is 5.49. The minimum absolute atomic E-state index is 0.296. The van der Waals surface area contributed by atoms with Crippen LogP contribution in [0.3, 0.4) is 0 Å². The van der Waals surface area contributed by atoms with Gasteiger partial charge in [0.15, 0.2) is 0 Å². The van der Waals surface area contributed by atoms with Gasteiger partial charge in [0.2, 0.25) is 0 Å². The maximum atomic E-state index is 10.0. The number of hydrogen-bond acceptors (Lipinski definition) is 2. The fraction of sp³-hybridized carbons (Fsp3) is 0.909. The van der Waals surface area contributed by atoms with Crippen LogP contribution in [0.2, 0.25) is 0 Å². The molecule has 78 valence electrons. The monoisotopic (exact) mass is 186 g/mol. The Bertz CT molecular complexity index is 121. The summed E-state index contributed by atoms with van der Waals surface area (Å²) in [6.45, 7) is 4.45. The summed E-state index contributed by atoms with van der Waals surface area (Å²) in [5.74, 6) is 0.778. The van der Waals surface area contributed by atoms with Gasteiger partial charge < -0.3 is 9.90 Å². The van der Waals surface area contributed by atoms with E-state index in [1.807, 2.05) is 0 Å². The third-order valence-corrected chi connectivity index (χ3v) is 2.19. The minimum Gasteiger partial charge on any atom is -0.393 e. The Balaban J connectivity index is 3.11. The first-order valence-electron chi connectivity index (χ1n) is 5.28. The summed E-state index contributed by atoms with van der Waals surface area (Å²) in [5, 5.41) is 9.23. The highest BCUT2D eigenvalue weighted by atomic mass is 16.3. The second-order valence-corrected chi connectivity index (χ2v) is 4.09. The summed E-state index contributed by atoms with van der Waals surface area (Å²) in [6.07, 6.45) is 6.18. The molecule has 0 amide bonds. The predicted molar refractivity (Wildman–Crippen MR) is 54.6 cm³/mol. The molecule has 0 spiro atoms. The van der Waals surface area contributed by atoms with E-state index in [9.17, 15) is 9.90 Å². The highest BCUT2D eigenvalue weighted by Gasteiger charge is 2.02. The van der Waals surface area contributed by atoms with Crippen LogP contribution >= 0.6 is 0 Å². The Morgan fingerprint density at radius 2 is 1.77 bits per heavy atom. The molecule has 0 aromatic carbocycles. The fourth-order valence-corrected chi connectivity index (χ4v) is 1.34. The maximum Gasteiger partial charge on any atom is 0.122 e. The van der Waals surface area contributed by atoms with E-state index in [1.165, 1.54) is 19.3 Å². The lowest BCUT2D eigenvalue weighted by molar-refractivity contribution is -0.109. The van der Waals surface area contributed by atoms with Crippen LogP contribution in [-0.4, -0.2) is 17.5 Å². The van der Waals surface area contributed by atoms with E-state index in [-0.39, 0.29) is 0 Å². The molecule has 0 radical (unpaired) electrons. The molecule has 0 aromatic heterocycles. The number of carbonyl (C=O) groups excluding carboxylic acids is 1. The summed E-state index contributed by atoms with van der Waals surface area (Å²) in [6, 6.07) is 0. The van der Waals surface area contributed by atoms with Crippen molar-refractivity contribution in [2.24, 2.45) is 5.92 Å². The molecule has 1 unspecified atom stereocenters. The smallest absolute Gasteiger partial charge is 0.122 e. The van der Waals surface area contributed by atoms with Crippen molar-refractivity contribution in [2.75, 3.05) is 0 Å². The van der Waals surface area contributed by atoms with Gasteiger partial charge in [-0.25, -0.2) is 0 Å². The van der Waals surface area contributed by atoms with Crippen LogP contribution < -0.4 is 0 Å². The van der Waals surface area contributed by atoms with E-state index >= 15 is 0 Å². The van der Waals surface area contributed by atoms with Crippen molar-refractivity contribution in [1.82, 2.24) is 0 Å². The molecule has 0 aromatic rings. The van der Waals surface area contributed by atoms with Crippen molar-refractivity contribution in [2.45, 2.75) is 58.5 Å². The second-order valence-electron chi connectivity index (χ2n) is 4.09. The van der Waals surface area contributed by atoms with Crippen LogP contribution in [0.5, 0.6) is 0 Å². The van der Waals surface area contributed by atoms with Crippen LogP contribution in [0.1, 0.15) is 52.4 Å². The molecule has 1 atom stereocenters. The molecule has 0 aliphatic rings. The van der Waals surface area contributed by atoms with Crippen molar-refractivity contribution in [3.05, 3.63) is 0 Å². The fourth-order valence-electron chi connectivity index (χ4n) is 1.34. The summed E-state index contributed by atoms with van der Waals surface area (Å²) in [5.41, 5.74) is 0. The molecule has 0 rings (SSSR count). The van der Waals surface area contributed by atoms with E-state index in [4.69, 9.17) is 0 Å². The normalized spacial score (nSPS) is 13.2. The van der Waals surface area contributed by atoms with Gasteiger partial charge in [0.1, 0.15) is 6.29 Å². The zero-order valence-electron chi connectivity index (χ0n) is 8.83. The van der Waals surface area contributed by atoms with Crippen molar-refractivity contribution in [1.29, 1.82) is 0 Å². The molecule has 0 heterocycles. The summed E-state index contributed by atoms with van der Waals surface area (Å²) in [7, 11) is 0. The molecular formula is C11H22O2. The van der Waals surface area contributed by atoms with Gasteiger partial charge in [-0.2, -0.15) is 0 Å². The molecule has 1 N–H and O–H groups in total. The van der Waals surface area contributed by atoms with E-state index in [0.29, 0.717) is 6.42 Å². The van der Waals surface area contributed by atoms with E-state index < -0.39 is 6.10 Å². The second kappa shape index (κ2) is 8.24. The molecule has 13 heavy (non-hydrogen) atoms. The van der Waals surface area contributed by atoms with Crippen molar-refractivity contribution in [3.8, 4) is 0 Å². The van der Waals surface area contributed by atoms with Gasteiger partial charge in [-0.05, 0) is 12.3 Å². The van der Waals surface area contributed by atoms with Crippen LogP contribution in [-0.2, 0) is 4.79 Å². The average molecular weight is 186 g/mol. The summed E-state index contributed by atoms with van der Waals surface area (Å²) < 4.78 is 0. The predicted octanol–water partition coefficient (Wildman–Crippen LogP) is 2.54. The maximum absolute atomic E-state index is 10.0. The van der Waals surface area contributed by atoms with Crippen LogP contribution in [0.25, 0.3) is 0 Å². The number of carbonyl (C=O) groups is 1. The lowest BCUT2D eigenvalue weighted by Gasteiger charge is -2.07. The minimum atomic E-state index is -0.406. The van der Waals surface area contributed by atoms with Gasteiger partial charge in [0.25, 0.3) is 0 Å². The van der Waals surface area contributed by atoms with Crippen molar-refractivity contribution in [3.63, 3.8) is 0 Å². The van der Waals surface area contributed by atoms with Gasteiger partial charge in [0, 0.05) is 6.42 Å². The lowest BCUT2D eigenvalue weighted by atomic mass is 10.0. The Labute approximate surface area is 81.3 Å². The molecule has 0 bridgehead atoms. The largest absolute Gasteiger partial charge is 0.393 e. The topological polar surface area (TPSA) is 37.3 Å². The molecule has 0 fully saturated rings. The van der Waals surface area contributed by atoms with Crippen molar-refractivity contribution < 1.29 is 9.90 Å². The number of aldehydes is 1. The third-order valence-electron chi connectivity index (χ3n) is 2.19. The SMILES string of the molecule is CC(C)CCCCCC(O)CC=O. The quantitative estimate of drug-likeness (QED) is 0.467. The number of aliphatic hydroxyl groups is 1. The first-order valence-corrected chi connectivity index (χ1v) is 5.28. The lowest BCUT2D eigenvalue weighted by Crippen LogP contribution is -2.06. The Morgan fingerprint density at radius 3 is 2.31 bits per heavy atom. The average Bonchev–Trinajstić information content (AvgIpc) is 2.03. The van der Waals surface area contributed by atoms with Gasteiger partial charge in [-0.1, -0.05) is 39.5 Å². The summed E-state index contributed by atoms with van der Waals surface area (Å²) >= 11 is 0. The van der Waals surface area contributed by atoms with Gasteiger partial charge in [-0.3, -0.25) is 0 Å². The first kappa shape index (κ1) is 12.6. The van der Waals surface area contributed by atoms with Gasteiger partial charge in [0.05, 0.1) is 6.10 Å². The molecule has 0 aliphatic heterocycles. The number of hydrogen-bond donors (Lipinski definition) is 1. The standard InChI is InChI=1S/C11H22O2/c1-10(2)6-4-3-5-7-11(13)8-9-12/h9-11,13H,3-8H2,1-2H3. The van der Waals surface area contributed by atoms with Crippen LogP contribution in [0.4, 0.5) is 0 Å². The van der Waals surface area contributed by atoms with Gasteiger partial charge in [-0.15, -0.1) is 0 Å². The van der Waals surface area contributed by atoms with E-state index in [2.05, 4.69) is 13.8 Å². The van der Waals surface area contributed by atoms with Gasteiger partial charge >= 0.3 is 0 Å². The summed E-state index contributed by atoms with van der Waals surface area (Å²) in [4.78, 5) is 10.0. The molecule has 0 aliphatic carbocycles. The first-order chi connectivity index (χ1) is 6.16.